The Bertz CT molecular complexity index is 706. The van der Waals surface area contributed by atoms with Crippen LogP contribution in [0.1, 0.15) is 65.7 Å². The zero-order valence-electron chi connectivity index (χ0n) is 21.1. The van der Waals surface area contributed by atoms with E-state index in [0.29, 0.717) is 45.2 Å². The first kappa shape index (κ1) is 29.6. The quantitative estimate of drug-likeness (QED) is 0.131. The third-order valence-electron chi connectivity index (χ3n) is 5.01. The summed E-state index contributed by atoms with van der Waals surface area (Å²) in [5.41, 5.74) is 5.26. The van der Waals surface area contributed by atoms with Gasteiger partial charge in [-0.25, -0.2) is 0 Å². The lowest BCUT2D eigenvalue weighted by molar-refractivity contribution is -0.156. The lowest BCUT2D eigenvalue weighted by Gasteiger charge is -2.22. The number of nitrogens with two attached hydrogens (primary N) is 1. The van der Waals surface area contributed by atoms with E-state index in [-0.39, 0.29) is 37.5 Å². The fraction of sp³-hybridized carbons (Fsp3) is 0.783. The maximum absolute atomic E-state index is 12.1. The summed E-state index contributed by atoms with van der Waals surface area (Å²) in [5.74, 6) is -1.49. The maximum atomic E-state index is 12.1. The molecule has 1 rings (SSSR count). The van der Waals surface area contributed by atoms with Gasteiger partial charge in [0, 0.05) is 39.2 Å². The van der Waals surface area contributed by atoms with Crippen molar-refractivity contribution in [3.05, 3.63) is 0 Å². The molecule has 1 saturated heterocycles. The zero-order chi connectivity index (χ0) is 25.6. The molecule has 1 fully saturated rings. The van der Waals surface area contributed by atoms with Crippen LogP contribution in [0.5, 0.6) is 0 Å². The molecule has 0 aliphatic carbocycles. The molecule has 2 atom stereocenters. The van der Waals surface area contributed by atoms with Crippen LogP contribution in [-0.2, 0) is 28.6 Å². The summed E-state index contributed by atoms with van der Waals surface area (Å²) in [4.78, 5) is 51.7. The van der Waals surface area contributed by atoms with Gasteiger partial charge in [0.1, 0.15) is 11.6 Å². The summed E-state index contributed by atoms with van der Waals surface area (Å²) < 4.78 is 10.6. The van der Waals surface area contributed by atoms with Gasteiger partial charge in [0.05, 0.1) is 5.92 Å². The first-order valence-corrected chi connectivity index (χ1v) is 12.2. The number of carbonyl (C=O) groups is 4. The van der Waals surface area contributed by atoms with Crippen molar-refractivity contribution >= 4 is 36.9 Å². The molecule has 192 valence electrons. The fourth-order valence-corrected chi connectivity index (χ4v) is 3.04. The van der Waals surface area contributed by atoms with Crippen molar-refractivity contribution in [3.8, 4) is 0 Å². The topological polar surface area (TPSA) is 149 Å². The molecule has 0 bridgehead atoms. The van der Waals surface area contributed by atoms with Crippen LogP contribution in [0.2, 0.25) is 12.6 Å². The highest BCUT2D eigenvalue weighted by atomic mass is 16.6. The van der Waals surface area contributed by atoms with Gasteiger partial charge in [-0.3, -0.25) is 24.2 Å². The number of ether oxygens (including phenoxy) is 1. The molecule has 0 spiro atoms. The van der Waals surface area contributed by atoms with E-state index in [2.05, 4.69) is 15.6 Å². The van der Waals surface area contributed by atoms with Gasteiger partial charge < -0.3 is 25.8 Å². The van der Waals surface area contributed by atoms with Crippen LogP contribution in [0.4, 0.5) is 0 Å². The monoisotopic (exact) mass is 480 g/mol. The number of esters is 1. The van der Waals surface area contributed by atoms with Crippen LogP contribution in [-0.4, -0.2) is 68.7 Å². The van der Waals surface area contributed by atoms with Gasteiger partial charge >= 0.3 is 12.9 Å². The van der Waals surface area contributed by atoms with Crippen LogP contribution in [0.15, 0.2) is 4.99 Å². The molecule has 1 unspecified atom stereocenters. The number of amides is 2. The van der Waals surface area contributed by atoms with Crippen LogP contribution in [0.3, 0.4) is 0 Å². The Morgan fingerprint density at radius 3 is 2.09 bits per heavy atom. The van der Waals surface area contributed by atoms with Crippen LogP contribution in [0.25, 0.3) is 0 Å². The normalized spacial score (nSPS) is 14.9. The van der Waals surface area contributed by atoms with E-state index < -0.39 is 23.5 Å². The molecule has 10 nitrogen and oxygen atoms in total. The van der Waals surface area contributed by atoms with Crippen LogP contribution in [0, 0.1) is 5.92 Å². The third kappa shape index (κ3) is 14.7. The molecular weight excluding hydrogens is 439 g/mol. The highest BCUT2D eigenvalue weighted by Gasteiger charge is 2.34. The Morgan fingerprint density at radius 1 is 0.971 bits per heavy atom. The van der Waals surface area contributed by atoms with Crippen LogP contribution >= 0.6 is 0 Å². The van der Waals surface area contributed by atoms with Gasteiger partial charge in [-0.1, -0.05) is 0 Å². The smallest absolute Gasteiger partial charge is 0.360 e. The number of nitrogens with one attached hydrogen (secondary N) is 2. The molecule has 0 aromatic heterocycles. The Labute approximate surface area is 203 Å². The zero-order valence-corrected chi connectivity index (χ0v) is 21.1. The van der Waals surface area contributed by atoms with E-state index in [1.165, 1.54) is 0 Å². The molecule has 0 radical (unpaired) electrons. The van der Waals surface area contributed by atoms with Gasteiger partial charge in [0.25, 0.3) is 5.97 Å². The molecule has 2 amide bonds. The summed E-state index contributed by atoms with van der Waals surface area (Å²) in [6.07, 6.45) is 6.63. The first-order valence-electron chi connectivity index (χ1n) is 12.2. The predicted octanol–water partition coefficient (Wildman–Crippen LogP) is 1.48. The van der Waals surface area contributed by atoms with E-state index in [4.69, 9.17) is 15.1 Å². The molecule has 0 aromatic rings. The van der Waals surface area contributed by atoms with Gasteiger partial charge in [0.2, 0.25) is 11.8 Å². The van der Waals surface area contributed by atoms with Crippen molar-refractivity contribution in [2.24, 2.45) is 16.6 Å². The summed E-state index contributed by atoms with van der Waals surface area (Å²) in [6, 6.07) is -0.674. The van der Waals surface area contributed by atoms with Crippen molar-refractivity contribution in [2.75, 3.05) is 20.1 Å². The average molecular weight is 480 g/mol. The first-order chi connectivity index (χ1) is 16.0. The molecule has 1 heterocycles. The van der Waals surface area contributed by atoms with Crippen molar-refractivity contribution in [3.63, 3.8) is 0 Å². The summed E-state index contributed by atoms with van der Waals surface area (Å²) >= 11 is 0. The minimum absolute atomic E-state index is 0.0564. The summed E-state index contributed by atoms with van der Waals surface area (Å²) in [5, 5.41) is 5.54. The molecule has 34 heavy (non-hydrogen) atoms. The summed E-state index contributed by atoms with van der Waals surface area (Å²) in [6.45, 7) is 6.31. The van der Waals surface area contributed by atoms with E-state index in [0.717, 1.165) is 12.6 Å². The Morgan fingerprint density at radius 2 is 1.56 bits per heavy atom. The third-order valence-corrected chi connectivity index (χ3v) is 5.01. The Balaban J connectivity index is 2.08. The molecule has 0 saturated carbocycles. The molecule has 1 aliphatic heterocycles. The number of aliphatic imine (C=N–C) groups is 1. The van der Waals surface area contributed by atoms with Gasteiger partial charge in [-0.05, 0) is 65.5 Å². The number of rotatable bonds is 16. The highest BCUT2D eigenvalue weighted by Crippen LogP contribution is 2.23. The highest BCUT2D eigenvalue weighted by molar-refractivity contribution is 6.64. The fourth-order valence-electron chi connectivity index (χ4n) is 3.04. The predicted molar refractivity (Wildman–Crippen MR) is 132 cm³/mol. The van der Waals surface area contributed by atoms with Gasteiger partial charge in [-0.15, -0.1) is 0 Å². The van der Waals surface area contributed by atoms with Crippen molar-refractivity contribution < 1.29 is 28.6 Å². The SMILES string of the molecule is CN=CC(CCCNC(=O)CCC(=O)NCCCC[C@@H](N)C(=O)OC(C)(C)C)C(=O)OB1CC1. The number of nitrogens with zero attached hydrogens (tertiary/aromatic N) is 1. The Kier molecular flexibility index (Phi) is 13.5. The number of hydrogen-bond acceptors (Lipinski definition) is 8. The van der Waals surface area contributed by atoms with Crippen molar-refractivity contribution in [1.29, 1.82) is 0 Å². The van der Waals surface area contributed by atoms with E-state index >= 15 is 0 Å². The van der Waals surface area contributed by atoms with Gasteiger partial charge in [-0.2, -0.15) is 0 Å². The largest absolute Gasteiger partial charge is 0.536 e. The average Bonchev–Trinajstić information content (AvgIpc) is 3.56. The van der Waals surface area contributed by atoms with E-state index in [9.17, 15) is 19.2 Å². The second-order valence-corrected chi connectivity index (χ2v) is 9.63. The van der Waals surface area contributed by atoms with Gasteiger partial charge in [0.15, 0.2) is 0 Å². The molecule has 0 aromatic carbocycles. The van der Waals surface area contributed by atoms with Crippen LogP contribution < -0.4 is 16.4 Å². The second kappa shape index (κ2) is 15.5. The molecule has 4 N–H and O–H groups in total. The minimum Gasteiger partial charge on any atom is -0.536 e. The maximum Gasteiger partial charge on any atom is 0.360 e. The molecular formula is C23H41BN4O6. The second-order valence-electron chi connectivity index (χ2n) is 9.63. The standard InChI is InChI=1S/C23H41BN4O6/c1-23(2,3)33-22(32)18(25)9-5-6-14-27-19(29)10-11-20(30)28-15-7-8-17(16-26-4)21(31)34-24-12-13-24/h16-18H,5-15,25H2,1-4H3,(H,27,29)(H,28,30)/t17?,18-/m1/s1. The van der Waals surface area contributed by atoms with E-state index in [1.54, 1.807) is 34.0 Å². The molecule has 1 aliphatic rings. The lowest BCUT2D eigenvalue weighted by atomic mass is 9.95. The number of hydrogen-bond donors (Lipinski definition) is 3. The number of unbranched alkanes of at least 4 members (excludes halogenated alkanes) is 1. The van der Waals surface area contributed by atoms with Crippen molar-refractivity contribution in [1.82, 2.24) is 10.6 Å². The summed E-state index contributed by atoms with van der Waals surface area (Å²) in [7, 11) is 1.61. The molecule has 11 heteroatoms. The minimum atomic E-state index is -0.674. The van der Waals surface area contributed by atoms with E-state index in [1.807, 2.05) is 0 Å². The Hall–Kier alpha value is -2.43. The van der Waals surface area contributed by atoms with Crippen molar-refractivity contribution in [2.45, 2.75) is 90.0 Å². The lowest BCUT2D eigenvalue weighted by Crippen LogP contribution is -2.37. The number of carbonyl (C=O) groups excluding carboxylic acids is 4.